The largest absolute Gasteiger partial charge is 0.480 e. The highest BCUT2D eigenvalue weighted by atomic mass is 19.3. The number of rotatable bonds is 6. The molecule has 0 spiro atoms. The number of carbonyl (C=O) groups is 2. The Bertz CT molecular complexity index is 604. The van der Waals surface area contributed by atoms with Gasteiger partial charge in [-0.05, 0) is 39.7 Å². The second-order valence-corrected chi connectivity index (χ2v) is 6.80. The quantitative estimate of drug-likeness (QED) is 0.839. The lowest BCUT2D eigenvalue weighted by atomic mass is 10.1. The lowest BCUT2D eigenvalue weighted by molar-refractivity contribution is -0.140. The van der Waals surface area contributed by atoms with Gasteiger partial charge in [0.1, 0.15) is 11.7 Å². The van der Waals surface area contributed by atoms with Crippen molar-refractivity contribution < 1.29 is 23.5 Å². The smallest absolute Gasteiger partial charge is 0.326 e. The van der Waals surface area contributed by atoms with Crippen LogP contribution in [0.2, 0.25) is 0 Å². The van der Waals surface area contributed by atoms with Crippen LogP contribution in [0.25, 0.3) is 0 Å². The summed E-state index contributed by atoms with van der Waals surface area (Å²) in [5, 5.41) is 15.3. The number of alkyl halides is 2. The van der Waals surface area contributed by atoms with Gasteiger partial charge in [-0.1, -0.05) is 0 Å². The number of nitrogens with zero attached hydrogens (tertiary/aromatic N) is 2. The Balaban J connectivity index is 2.20. The van der Waals surface area contributed by atoms with E-state index in [9.17, 15) is 18.4 Å². The maximum atomic E-state index is 12.4. The molecular weight excluding hydrogens is 308 g/mol. The van der Waals surface area contributed by atoms with Crippen LogP contribution in [-0.4, -0.2) is 39.2 Å². The summed E-state index contributed by atoms with van der Waals surface area (Å²) in [5.41, 5.74) is 0.650. The summed E-state index contributed by atoms with van der Waals surface area (Å²) >= 11 is 0. The van der Waals surface area contributed by atoms with Crippen molar-refractivity contribution in [3.63, 3.8) is 0 Å². The molecule has 2 rings (SSSR count). The fourth-order valence-electron chi connectivity index (χ4n) is 2.35. The van der Waals surface area contributed by atoms with Gasteiger partial charge in [0.2, 0.25) is 6.43 Å². The molecule has 1 aliphatic carbocycles. The van der Waals surface area contributed by atoms with Crippen molar-refractivity contribution in [1.29, 1.82) is 0 Å². The van der Waals surface area contributed by atoms with E-state index >= 15 is 0 Å². The Morgan fingerprint density at radius 2 is 2.04 bits per heavy atom. The highest BCUT2D eigenvalue weighted by Gasteiger charge is 2.33. The Morgan fingerprint density at radius 1 is 1.43 bits per heavy atom. The number of carboxylic acid groups (broad SMARTS) is 1. The number of carboxylic acids is 1. The average Bonchev–Trinajstić information content (AvgIpc) is 3.14. The third-order valence-electron chi connectivity index (χ3n) is 3.62. The molecule has 2 N–H and O–H groups in total. The molecular formula is C15H21F2N3O3. The Hall–Kier alpha value is -1.99. The molecule has 0 aliphatic heterocycles. The van der Waals surface area contributed by atoms with Crippen LogP contribution in [0.15, 0.2) is 6.07 Å². The van der Waals surface area contributed by atoms with Crippen LogP contribution in [0.1, 0.15) is 62.1 Å². The Kier molecular flexibility index (Phi) is 4.72. The topological polar surface area (TPSA) is 84.2 Å². The van der Waals surface area contributed by atoms with Crippen molar-refractivity contribution in [2.24, 2.45) is 0 Å². The molecule has 1 aromatic rings. The molecule has 0 aromatic carbocycles. The number of aliphatic carboxylic acids is 1. The predicted octanol–water partition coefficient (Wildman–Crippen LogP) is 2.35. The lowest BCUT2D eigenvalue weighted by Gasteiger charge is -2.22. The molecule has 1 heterocycles. The minimum absolute atomic E-state index is 0.0577. The van der Waals surface area contributed by atoms with Gasteiger partial charge in [-0.25, -0.2) is 13.6 Å². The zero-order valence-corrected chi connectivity index (χ0v) is 13.3. The van der Waals surface area contributed by atoms with E-state index in [0.29, 0.717) is 5.92 Å². The van der Waals surface area contributed by atoms with Crippen molar-refractivity contribution in [2.45, 2.75) is 64.0 Å². The molecule has 1 atom stereocenters. The summed E-state index contributed by atoms with van der Waals surface area (Å²) in [6, 6.07) is -0.00818. The van der Waals surface area contributed by atoms with Crippen LogP contribution < -0.4 is 5.32 Å². The molecule has 0 saturated heterocycles. The van der Waals surface area contributed by atoms with Crippen LogP contribution in [0.5, 0.6) is 0 Å². The van der Waals surface area contributed by atoms with Gasteiger partial charge < -0.3 is 10.4 Å². The van der Waals surface area contributed by atoms with Crippen molar-refractivity contribution in [3.05, 3.63) is 17.5 Å². The molecule has 8 heteroatoms. The first kappa shape index (κ1) is 17.4. The number of nitrogens with one attached hydrogen (secondary N) is 1. The van der Waals surface area contributed by atoms with Gasteiger partial charge in [0.25, 0.3) is 5.91 Å². The van der Waals surface area contributed by atoms with Gasteiger partial charge >= 0.3 is 5.97 Å². The first-order valence-corrected chi connectivity index (χ1v) is 7.52. The van der Waals surface area contributed by atoms with E-state index in [1.165, 1.54) is 0 Å². The van der Waals surface area contributed by atoms with E-state index in [4.69, 9.17) is 5.11 Å². The van der Waals surface area contributed by atoms with Gasteiger partial charge in [-0.3, -0.25) is 9.48 Å². The molecule has 0 bridgehead atoms. The molecule has 0 radical (unpaired) electrons. The van der Waals surface area contributed by atoms with Gasteiger partial charge in [0.05, 0.1) is 5.54 Å². The number of hydrogen-bond acceptors (Lipinski definition) is 3. The molecule has 128 valence electrons. The minimum Gasteiger partial charge on any atom is -0.480 e. The lowest BCUT2D eigenvalue weighted by Crippen LogP contribution is -2.42. The van der Waals surface area contributed by atoms with E-state index in [0.717, 1.165) is 18.5 Å². The van der Waals surface area contributed by atoms with E-state index < -0.39 is 30.8 Å². The molecule has 6 nitrogen and oxygen atoms in total. The number of aromatic nitrogens is 2. The number of amides is 1. The van der Waals surface area contributed by atoms with E-state index in [1.54, 1.807) is 10.7 Å². The van der Waals surface area contributed by atoms with Crippen molar-refractivity contribution in [3.8, 4) is 0 Å². The van der Waals surface area contributed by atoms with Gasteiger partial charge in [0, 0.05) is 18.0 Å². The van der Waals surface area contributed by atoms with E-state index in [1.807, 2.05) is 20.8 Å². The first-order chi connectivity index (χ1) is 10.6. The summed E-state index contributed by atoms with van der Waals surface area (Å²) in [5.74, 6) is -1.89. The SMILES string of the molecule is CC(C)(C)n1nc(C(=O)NC(CC(F)F)C(=O)O)cc1C1CC1. The van der Waals surface area contributed by atoms with E-state index in [2.05, 4.69) is 10.4 Å². The van der Waals surface area contributed by atoms with Crippen LogP contribution in [0.4, 0.5) is 8.78 Å². The van der Waals surface area contributed by atoms with Crippen molar-refractivity contribution in [2.75, 3.05) is 0 Å². The number of hydrogen-bond donors (Lipinski definition) is 2. The third-order valence-corrected chi connectivity index (χ3v) is 3.62. The van der Waals surface area contributed by atoms with Gasteiger partial charge in [0.15, 0.2) is 0 Å². The molecule has 1 saturated carbocycles. The minimum atomic E-state index is -2.81. The van der Waals surface area contributed by atoms with Crippen molar-refractivity contribution in [1.82, 2.24) is 15.1 Å². The Labute approximate surface area is 132 Å². The molecule has 1 fully saturated rings. The van der Waals surface area contributed by atoms with Gasteiger partial charge in [-0.15, -0.1) is 0 Å². The average molecular weight is 329 g/mol. The summed E-state index contributed by atoms with van der Waals surface area (Å²) < 4.78 is 26.6. The summed E-state index contributed by atoms with van der Waals surface area (Å²) in [4.78, 5) is 23.2. The molecule has 23 heavy (non-hydrogen) atoms. The van der Waals surface area contributed by atoms with Crippen LogP contribution >= 0.6 is 0 Å². The summed E-state index contributed by atoms with van der Waals surface area (Å²) in [6.07, 6.45) is -1.71. The molecule has 1 unspecified atom stereocenters. The second kappa shape index (κ2) is 6.25. The van der Waals surface area contributed by atoms with Crippen molar-refractivity contribution >= 4 is 11.9 Å². The zero-order chi connectivity index (χ0) is 17.4. The standard InChI is InChI=1S/C15H21F2N3O3/c1-15(2,3)20-11(8-4-5-8)6-9(19-20)13(21)18-10(14(22)23)7-12(16)17/h6,8,10,12H,4-5,7H2,1-3H3,(H,18,21)(H,22,23). The monoisotopic (exact) mass is 329 g/mol. The highest BCUT2D eigenvalue weighted by molar-refractivity contribution is 5.95. The van der Waals surface area contributed by atoms with E-state index in [-0.39, 0.29) is 11.2 Å². The fourth-order valence-corrected chi connectivity index (χ4v) is 2.35. The molecule has 1 aliphatic rings. The number of halogens is 2. The predicted molar refractivity (Wildman–Crippen MR) is 78.7 cm³/mol. The highest BCUT2D eigenvalue weighted by Crippen LogP contribution is 2.41. The maximum Gasteiger partial charge on any atom is 0.326 e. The summed E-state index contributed by atoms with van der Waals surface area (Å²) in [7, 11) is 0. The normalized spacial score (nSPS) is 16.4. The van der Waals surface area contributed by atoms with Gasteiger partial charge in [-0.2, -0.15) is 5.10 Å². The molecule has 1 aromatic heterocycles. The number of carbonyl (C=O) groups excluding carboxylic acids is 1. The van der Waals surface area contributed by atoms with Crippen LogP contribution in [0, 0.1) is 0 Å². The fraction of sp³-hybridized carbons (Fsp3) is 0.667. The van der Waals surface area contributed by atoms with Crippen LogP contribution in [0.3, 0.4) is 0 Å². The third kappa shape index (κ3) is 4.27. The maximum absolute atomic E-state index is 12.4. The first-order valence-electron chi connectivity index (χ1n) is 7.52. The zero-order valence-electron chi connectivity index (χ0n) is 13.3. The Morgan fingerprint density at radius 3 is 2.48 bits per heavy atom. The summed E-state index contributed by atoms with van der Waals surface area (Å²) in [6.45, 7) is 5.85. The second-order valence-electron chi connectivity index (χ2n) is 6.80. The molecule has 1 amide bonds. The van der Waals surface area contributed by atoms with Crippen LogP contribution in [-0.2, 0) is 10.3 Å².